The van der Waals surface area contributed by atoms with Gasteiger partial charge in [0.05, 0.1) is 0 Å². The van der Waals surface area contributed by atoms with Crippen LogP contribution in [-0.4, -0.2) is 26.9 Å². The van der Waals surface area contributed by atoms with E-state index in [-0.39, 0.29) is 11.6 Å². The van der Waals surface area contributed by atoms with Crippen LogP contribution in [0.15, 0.2) is 85.2 Å². The number of aromatic nitrogens is 2. The van der Waals surface area contributed by atoms with Crippen LogP contribution in [0.4, 0.5) is 0 Å². The second kappa shape index (κ2) is 9.59. The summed E-state index contributed by atoms with van der Waals surface area (Å²) in [4.78, 5) is 16.7. The van der Waals surface area contributed by atoms with Gasteiger partial charge in [0, 0.05) is 35.9 Å². The zero-order valence-electron chi connectivity index (χ0n) is 16.5. The van der Waals surface area contributed by atoms with Crippen molar-refractivity contribution < 1.29 is 4.79 Å². The molecule has 0 aliphatic rings. The smallest absolute Gasteiger partial charge is 0.289 e. The minimum Gasteiger partial charge on any atom is -0.360 e. The number of benzene rings is 2. The van der Waals surface area contributed by atoms with Crippen molar-refractivity contribution in [1.82, 2.24) is 25.6 Å². The van der Waals surface area contributed by atoms with Crippen LogP contribution in [-0.2, 0) is 0 Å². The maximum absolute atomic E-state index is 12.4. The molecular formula is C23H20ClN5OS. The minimum absolute atomic E-state index is 0.112. The Morgan fingerprint density at radius 2 is 1.65 bits per heavy atom. The fourth-order valence-corrected chi connectivity index (χ4v) is 3.57. The van der Waals surface area contributed by atoms with Crippen LogP contribution in [0, 0.1) is 0 Å². The molecule has 0 bridgehead atoms. The van der Waals surface area contributed by atoms with Gasteiger partial charge in [-0.25, -0.2) is 4.98 Å². The van der Waals surface area contributed by atoms with Crippen LogP contribution < -0.4 is 16.2 Å². The zero-order valence-corrected chi connectivity index (χ0v) is 18.0. The summed E-state index contributed by atoms with van der Waals surface area (Å²) in [6.07, 6.45) is 3.37. The van der Waals surface area contributed by atoms with E-state index in [2.05, 4.69) is 45.4 Å². The molecule has 0 spiro atoms. The van der Waals surface area contributed by atoms with Gasteiger partial charge in [-0.15, -0.1) is 0 Å². The summed E-state index contributed by atoms with van der Waals surface area (Å²) in [5, 5.41) is 4.06. The molecule has 1 amide bonds. The first-order valence-corrected chi connectivity index (χ1v) is 10.5. The van der Waals surface area contributed by atoms with E-state index in [4.69, 9.17) is 23.8 Å². The number of nitrogens with one attached hydrogen (secondary N) is 3. The normalized spacial score (nSPS) is 10.8. The van der Waals surface area contributed by atoms with Gasteiger partial charge in [-0.3, -0.25) is 15.6 Å². The van der Waals surface area contributed by atoms with Gasteiger partial charge < -0.3 is 9.72 Å². The van der Waals surface area contributed by atoms with E-state index in [0.29, 0.717) is 22.3 Å². The number of amides is 1. The lowest BCUT2D eigenvalue weighted by Crippen LogP contribution is -2.47. The van der Waals surface area contributed by atoms with E-state index in [1.54, 1.807) is 28.9 Å². The van der Waals surface area contributed by atoms with Crippen LogP contribution in [0.25, 0.3) is 5.65 Å². The number of carbonyl (C=O) groups is 1. The van der Waals surface area contributed by atoms with Crippen molar-refractivity contribution in [2.24, 2.45) is 0 Å². The van der Waals surface area contributed by atoms with Crippen molar-refractivity contribution in [2.75, 3.05) is 6.54 Å². The molecule has 0 aliphatic heterocycles. The molecule has 31 heavy (non-hydrogen) atoms. The molecule has 2 aromatic heterocycles. The first-order chi connectivity index (χ1) is 15.1. The van der Waals surface area contributed by atoms with Crippen molar-refractivity contribution in [3.05, 3.63) is 107 Å². The Kier molecular flexibility index (Phi) is 6.45. The molecule has 3 N–H and O–H groups in total. The number of halogens is 1. The number of pyridine rings is 1. The molecule has 0 fully saturated rings. The predicted molar refractivity (Wildman–Crippen MR) is 126 cm³/mol. The number of carbonyl (C=O) groups excluding carboxylic acids is 1. The second-order valence-corrected chi connectivity index (χ2v) is 7.74. The van der Waals surface area contributed by atoms with E-state index >= 15 is 0 Å². The highest BCUT2D eigenvalue weighted by molar-refractivity contribution is 7.80. The van der Waals surface area contributed by atoms with E-state index in [1.165, 1.54) is 11.1 Å². The van der Waals surface area contributed by atoms with Crippen molar-refractivity contribution >= 4 is 40.5 Å². The fraction of sp³-hybridized carbons (Fsp3) is 0.0870. The summed E-state index contributed by atoms with van der Waals surface area (Å²) in [5.74, 6) is -0.285. The highest BCUT2D eigenvalue weighted by Gasteiger charge is 2.15. The number of rotatable bonds is 5. The third-order valence-corrected chi connectivity index (χ3v) is 5.30. The Hall–Kier alpha value is -3.42. The number of thiocarbonyl (C=S) groups is 1. The van der Waals surface area contributed by atoms with E-state index < -0.39 is 5.91 Å². The SMILES string of the molecule is O=C(NNC(=S)NCC(c1ccccc1)c1ccccc1)c1cn2ccc(Cl)cc2n1. The largest absolute Gasteiger partial charge is 0.360 e. The Morgan fingerprint density at radius 3 is 2.29 bits per heavy atom. The highest BCUT2D eigenvalue weighted by Crippen LogP contribution is 2.23. The van der Waals surface area contributed by atoms with Crippen LogP contribution >= 0.6 is 23.8 Å². The first kappa shape index (κ1) is 20.8. The van der Waals surface area contributed by atoms with E-state index in [9.17, 15) is 4.79 Å². The topological polar surface area (TPSA) is 70.5 Å². The van der Waals surface area contributed by atoms with Crippen molar-refractivity contribution in [3.8, 4) is 0 Å². The summed E-state index contributed by atoms with van der Waals surface area (Å²) >= 11 is 11.3. The third kappa shape index (κ3) is 5.20. The van der Waals surface area contributed by atoms with Gasteiger partial charge in [0.25, 0.3) is 5.91 Å². The fourth-order valence-electron chi connectivity index (χ4n) is 3.28. The van der Waals surface area contributed by atoms with Crippen LogP contribution in [0.3, 0.4) is 0 Å². The Bertz CT molecular complexity index is 1160. The Morgan fingerprint density at radius 1 is 1.00 bits per heavy atom. The monoisotopic (exact) mass is 449 g/mol. The third-order valence-electron chi connectivity index (χ3n) is 4.82. The molecular weight excluding hydrogens is 430 g/mol. The molecule has 0 radical (unpaired) electrons. The maximum Gasteiger partial charge on any atom is 0.289 e. The first-order valence-electron chi connectivity index (χ1n) is 9.68. The maximum atomic E-state index is 12.4. The molecule has 8 heteroatoms. The van der Waals surface area contributed by atoms with Gasteiger partial charge in [-0.05, 0) is 29.4 Å². The van der Waals surface area contributed by atoms with Gasteiger partial charge in [-0.1, -0.05) is 72.3 Å². The number of nitrogens with zero attached hydrogens (tertiary/aromatic N) is 2. The number of imidazole rings is 1. The Labute approximate surface area is 190 Å². The molecule has 4 aromatic rings. The molecule has 0 aliphatic carbocycles. The van der Waals surface area contributed by atoms with Gasteiger partial charge >= 0.3 is 0 Å². The van der Waals surface area contributed by atoms with Gasteiger partial charge in [0.2, 0.25) is 0 Å². The summed E-state index contributed by atoms with van der Waals surface area (Å²) in [7, 11) is 0. The van der Waals surface area contributed by atoms with Crippen molar-refractivity contribution in [3.63, 3.8) is 0 Å². The summed E-state index contributed by atoms with van der Waals surface area (Å²) in [5.41, 5.74) is 8.51. The lowest BCUT2D eigenvalue weighted by atomic mass is 9.91. The van der Waals surface area contributed by atoms with Crippen molar-refractivity contribution in [1.29, 1.82) is 0 Å². The Balaban J connectivity index is 1.36. The van der Waals surface area contributed by atoms with Crippen LogP contribution in [0.2, 0.25) is 5.02 Å². The molecule has 2 aromatic carbocycles. The number of hydrogen-bond donors (Lipinski definition) is 3. The van der Waals surface area contributed by atoms with Crippen LogP contribution in [0.1, 0.15) is 27.5 Å². The zero-order chi connectivity index (χ0) is 21.6. The predicted octanol–water partition coefficient (Wildman–Crippen LogP) is 3.93. The summed E-state index contributed by atoms with van der Waals surface area (Å²) in [6.45, 7) is 0.572. The number of fused-ring (bicyclic) bond motifs is 1. The molecule has 2 heterocycles. The lowest BCUT2D eigenvalue weighted by Gasteiger charge is -2.20. The number of hydrazine groups is 1. The average Bonchev–Trinajstić information content (AvgIpc) is 3.22. The lowest BCUT2D eigenvalue weighted by molar-refractivity contribution is 0.0939. The second-order valence-electron chi connectivity index (χ2n) is 6.90. The van der Waals surface area contributed by atoms with Gasteiger partial charge in [0.15, 0.2) is 5.11 Å². The number of hydrogen-bond acceptors (Lipinski definition) is 3. The molecule has 0 atom stereocenters. The molecule has 0 saturated heterocycles. The van der Waals surface area contributed by atoms with E-state index in [0.717, 1.165) is 0 Å². The van der Waals surface area contributed by atoms with Gasteiger partial charge in [0.1, 0.15) is 11.3 Å². The highest BCUT2D eigenvalue weighted by atomic mass is 35.5. The molecule has 4 rings (SSSR count). The van der Waals surface area contributed by atoms with Gasteiger partial charge in [-0.2, -0.15) is 0 Å². The molecule has 156 valence electrons. The molecule has 6 nitrogen and oxygen atoms in total. The minimum atomic E-state index is -0.397. The summed E-state index contributed by atoms with van der Waals surface area (Å²) < 4.78 is 1.72. The van der Waals surface area contributed by atoms with Crippen molar-refractivity contribution in [2.45, 2.75) is 5.92 Å². The van der Waals surface area contributed by atoms with Crippen LogP contribution in [0.5, 0.6) is 0 Å². The van der Waals surface area contributed by atoms with E-state index in [1.807, 2.05) is 36.4 Å². The average molecular weight is 450 g/mol. The standard InChI is InChI=1S/C23H20ClN5OS/c24-18-11-12-29-15-20(26-21(29)13-18)22(30)27-28-23(31)25-14-19(16-7-3-1-4-8-16)17-9-5-2-6-10-17/h1-13,15,19H,14H2,(H,27,30)(H2,25,28,31). The molecule has 0 saturated carbocycles. The molecule has 0 unspecified atom stereocenters. The summed E-state index contributed by atoms with van der Waals surface area (Å²) in [6, 6.07) is 23.8. The quantitative estimate of drug-likeness (QED) is 0.318.